The van der Waals surface area contributed by atoms with Crippen molar-refractivity contribution in [3.8, 4) is 0 Å². The van der Waals surface area contributed by atoms with Gasteiger partial charge in [-0.05, 0) is 7.05 Å². The van der Waals surface area contributed by atoms with Gasteiger partial charge in [0.25, 0.3) is 0 Å². The van der Waals surface area contributed by atoms with Crippen LogP contribution >= 0.6 is 12.4 Å². The number of nitrogens with zero attached hydrogens (tertiary/aromatic N) is 1. The van der Waals surface area contributed by atoms with Gasteiger partial charge in [-0.15, -0.1) is 12.4 Å². The Bertz CT molecular complexity index is 45.0. The van der Waals surface area contributed by atoms with E-state index in [0.29, 0.717) is 0 Å². The van der Waals surface area contributed by atoms with Crippen LogP contribution in [0.15, 0.2) is 0 Å². The third-order valence-electron chi connectivity index (χ3n) is 0.670. The SMILES string of the molecule is CN(CF)CCF.Cl. The molecule has 0 heterocycles. The van der Waals surface area contributed by atoms with E-state index in [1.165, 1.54) is 11.9 Å². The fourth-order valence-electron chi connectivity index (χ4n) is 0.204. The lowest BCUT2D eigenvalue weighted by Crippen LogP contribution is -2.18. The minimum atomic E-state index is -0.566. The average Bonchev–Trinajstić information content (AvgIpc) is 1.68. The summed E-state index contributed by atoms with van der Waals surface area (Å²) in [7, 11) is 1.53. The van der Waals surface area contributed by atoms with Crippen molar-refractivity contribution in [1.82, 2.24) is 4.90 Å². The lowest BCUT2D eigenvalue weighted by Gasteiger charge is -2.06. The Kier molecular flexibility index (Phi) is 9.76. The molecule has 0 N–H and O–H groups in total. The summed E-state index contributed by atoms with van der Waals surface area (Å²) in [5, 5.41) is 0. The van der Waals surface area contributed by atoms with Crippen molar-refractivity contribution in [2.75, 3.05) is 27.1 Å². The van der Waals surface area contributed by atoms with E-state index in [9.17, 15) is 8.78 Å². The second-order valence-corrected chi connectivity index (χ2v) is 1.39. The molecule has 8 heavy (non-hydrogen) atoms. The second-order valence-electron chi connectivity index (χ2n) is 1.39. The quantitative estimate of drug-likeness (QED) is 0.540. The monoisotopic (exact) mass is 145 g/mol. The van der Waals surface area contributed by atoms with Crippen LogP contribution in [0.3, 0.4) is 0 Å². The molecule has 0 unspecified atom stereocenters. The summed E-state index contributed by atoms with van der Waals surface area (Å²) in [5.74, 6) is 0. The molecule has 1 nitrogen and oxygen atoms in total. The molecule has 0 spiro atoms. The van der Waals surface area contributed by atoms with Crippen molar-refractivity contribution in [2.45, 2.75) is 0 Å². The summed E-state index contributed by atoms with van der Waals surface area (Å²) in [6.07, 6.45) is 0. The van der Waals surface area contributed by atoms with Gasteiger partial charge in [-0.3, -0.25) is 4.90 Å². The summed E-state index contributed by atoms with van der Waals surface area (Å²) in [5.41, 5.74) is 0. The normalized spacial score (nSPS) is 9.00. The van der Waals surface area contributed by atoms with Gasteiger partial charge < -0.3 is 0 Å². The van der Waals surface area contributed by atoms with E-state index in [2.05, 4.69) is 0 Å². The Labute approximate surface area is 54.1 Å². The maximum atomic E-state index is 11.3. The van der Waals surface area contributed by atoms with Gasteiger partial charge in [-0.25, -0.2) is 8.78 Å². The first-order valence-electron chi connectivity index (χ1n) is 2.11. The van der Waals surface area contributed by atoms with E-state index in [4.69, 9.17) is 0 Å². The zero-order valence-electron chi connectivity index (χ0n) is 4.73. The Morgan fingerprint density at radius 3 is 2.00 bits per heavy atom. The maximum Gasteiger partial charge on any atom is 0.142 e. The summed E-state index contributed by atoms with van der Waals surface area (Å²) in [4.78, 5) is 1.26. The molecule has 0 saturated heterocycles. The van der Waals surface area contributed by atoms with E-state index >= 15 is 0 Å². The third kappa shape index (κ3) is 6.11. The number of hydrogen-bond acceptors (Lipinski definition) is 1. The zero-order valence-corrected chi connectivity index (χ0v) is 5.55. The van der Waals surface area contributed by atoms with Gasteiger partial charge in [0.2, 0.25) is 0 Å². The molecule has 0 aromatic rings. The summed E-state index contributed by atoms with van der Waals surface area (Å²) >= 11 is 0. The Morgan fingerprint density at radius 2 is 1.88 bits per heavy atom. The average molecular weight is 146 g/mol. The molecule has 0 aliphatic carbocycles. The van der Waals surface area contributed by atoms with Gasteiger partial charge in [0.1, 0.15) is 13.5 Å². The van der Waals surface area contributed by atoms with Crippen molar-refractivity contribution in [3.05, 3.63) is 0 Å². The molecule has 0 amide bonds. The van der Waals surface area contributed by atoms with Crippen LogP contribution < -0.4 is 0 Å². The van der Waals surface area contributed by atoms with Crippen LogP contribution in [-0.2, 0) is 0 Å². The lowest BCUT2D eigenvalue weighted by molar-refractivity contribution is 0.209. The lowest BCUT2D eigenvalue weighted by atomic mass is 10.7. The standard InChI is InChI=1S/C4H9F2N.ClH/c1-7(4-6)3-2-5;/h2-4H2,1H3;1H. The van der Waals surface area contributed by atoms with Crippen molar-refractivity contribution < 1.29 is 8.78 Å². The summed E-state index contributed by atoms with van der Waals surface area (Å²) in [6.45, 7) is -0.846. The van der Waals surface area contributed by atoms with Crippen LogP contribution in [0.2, 0.25) is 0 Å². The molecule has 0 fully saturated rings. The first-order valence-corrected chi connectivity index (χ1v) is 2.11. The highest BCUT2D eigenvalue weighted by Crippen LogP contribution is 1.80. The summed E-state index contributed by atoms with van der Waals surface area (Å²) < 4.78 is 22.6. The number of hydrogen-bond donors (Lipinski definition) is 0. The van der Waals surface area contributed by atoms with Crippen LogP contribution in [-0.4, -0.2) is 32.0 Å². The number of halogens is 3. The molecule has 0 aromatic heterocycles. The molecule has 0 rings (SSSR count). The first-order chi connectivity index (χ1) is 3.31. The molecular weight excluding hydrogens is 136 g/mol. The highest BCUT2D eigenvalue weighted by molar-refractivity contribution is 5.85. The molecule has 0 saturated carbocycles. The molecule has 4 heteroatoms. The predicted molar refractivity (Wildman–Crippen MR) is 31.8 cm³/mol. The van der Waals surface area contributed by atoms with E-state index in [-0.39, 0.29) is 19.0 Å². The first kappa shape index (κ1) is 11.0. The van der Waals surface area contributed by atoms with Crippen molar-refractivity contribution in [2.24, 2.45) is 0 Å². The molecule has 0 radical (unpaired) electrons. The molecular formula is C4H10ClF2N. The van der Waals surface area contributed by atoms with Crippen LogP contribution in [0.5, 0.6) is 0 Å². The number of rotatable bonds is 3. The molecule has 0 aliphatic rings. The Morgan fingerprint density at radius 1 is 1.38 bits per heavy atom. The van der Waals surface area contributed by atoms with Crippen LogP contribution in [0, 0.1) is 0 Å². The van der Waals surface area contributed by atoms with Crippen LogP contribution in [0.25, 0.3) is 0 Å². The van der Waals surface area contributed by atoms with Gasteiger partial charge in [-0.2, -0.15) is 0 Å². The third-order valence-corrected chi connectivity index (χ3v) is 0.670. The Hall–Kier alpha value is 0.110. The smallest absolute Gasteiger partial charge is 0.142 e. The van der Waals surface area contributed by atoms with E-state index in [1.807, 2.05) is 0 Å². The molecule has 0 atom stereocenters. The highest BCUT2D eigenvalue weighted by Gasteiger charge is 1.91. The number of alkyl halides is 2. The second kappa shape index (κ2) is 7.11. The molecule has 52 valence electrons. The van der Waals surface area contributed by atoms with Gasteiger partial charge >= 0.3 is 0 Å². The topological polar surface area (TPSA) is 3.24 Å². The maximum absolute atomic E-state index is 11.3. The molecule has 0 bridgehead atoms. The fraction of sp³-hybridized carbons (Fsp3) is 1.00. The van der Waals surface area contributed by atoms with Crippen LogP contribution in [0.4, 0.5) is 8.78 Å². The van der Waals surface area contributed by atoms with Gasteiger partial charge in [0, 0.05) is 6.54 Å². The van der Waals surface area contributed by atoms with E-state index in [0.717, 1.165) is 0 Å². The Balaban J connectivity index is 0. The predicted octanol–water partition coefficient (Wildman–Crippen LogP) is 1.24. The van der Waals surface area contributed by atoms with Crippen molar-refractivity contribution in [3.63, 3.8) is 0 Å². The van der Waals surface area contributed by atoms with Gasteiger partial charge in [-0.1, -0.05) is 0 Å². The molecule has 0 aromatic carbocycles. The summed E-state index contributed by atoms with van der Waals surface area (Å²) in [6, 6.07) is 0. The van der Waals surface area contributed by atoms with Gasteiger partial charge in [0.15, 0.2) is 0 Å². The minimum absolute atomic E-state index is 0. The van der Waals surface area contributed by atoms with Crippen LogP contribution in [0.1, 0.15) is 0 Å². The largest absolute Gasteiger partial charge is 0.277 e. The fourth-order valence-corrected chi connectivity index (χ4v) is 0.204. The molecule has 0 aliphatic heterocycles. The highest BCUT2D eigenvalue weighted by atomic mass is 35.5. The van der Waals surface area contributed by atoms with Gasteiger partial charge in [0.05, 0.1) is 0 Å². The zero-order chi connectivity index (χ0) is 5.70. The van der Waals surface area contributed by atoms with Crippen molar-refractivity contribution >= 4 is 12.4 Å². The van der Waals surface area contributed by atoms with E-state index < -0.39 is 13.5 Å². The minimum Gasteiger partial charge on any atom is -0.277 e. The van der Waals surface area contributed by atoms with E-state index in [1.54, 1.807) is 0 Å². The van der Waals surface area contributed by atoms with Crippen molar-refractivity contribution in [1.29, 1.82) is 0 Å².